The van der Waals surface area contributed by atoms with Crippen molar-refractivity contribution in [1.82, 2.24) is 14.5 Å². The van der Waals surface area contributed by atoms with Gasteiger partial charge in [0, 0.05) is 55.4 Å². The molecule has 2 aromatic carbocycles. The number of halogens is 2. The Morgan fingerprint density at radius 3 is 2.82 bits per heavy atom. The summed E-state index contributed by atoms with van der Waals surface area (Å²) in [5, 5.41) is 5.29. The molecule has 0 saturated heterocycles. The Hall–Kier alpha value is -3.38. The van der Waals surface area contributed by atoms with Gasteiger partial charge in [-0.05, 0) is 98.2 Å². The molecule has 1 unspecified atom stereocenters. The van der Waals surface area contributed by atoms with E-state index in [-0.39, 0.29) is 30.2 Å². The van der Waals surface area contributed by atoms with Gasteiger partial charge in [-0.25, -0.2) is 4.21 Å². The fourth-order valence-electron chi connectivity index (χ4n) is 8.02. The van der Waals surface area contributed by atoms with E-state index < -0.39 is 21.7 Å². The third kappa shape index (κ3) is 7.47. The average molecular weight is 741 g/mol. The third-order valence-corrected chi connectivity index (χ3v) is 13.0. The summed E-state index contributed by atoms with van der Waals surface area (Å²) < 4.78 is 35.2. The van der Waals surface area contributed by atoms with Crippen LogP contribution in [0, 0.1) is 11.8 Å². The van der Waals surface area contributed by atoms with Crippen LogP contribution in [0.1, 0.15) is 66.4 Å². The van der Waals surface area contributed by atoms with Crippen molar-refractivity contribution in [2.45, 2.75) is 69.4 Å². The van der Waals surface area contributed by atoms with Gasteiger partial charge >= 0.3 is 0 Å². The first-order valence-electron chi connectivity index (χ1n) is 17.4. The molecule has 1 spiro atoms. The van der Waals surface area contributed by atoms with E-state index in [1.54, 1.807) is 19.4 Å². The van der Waals surface area contributed by atoms with Crippen LogP contribution < -0.4 is 14.4 Å². The number of nitrogens with one attached hydrogen (secondary N) is 1. The molecule has 1 saturated carbocycles. The third-order valence-electron chi connectivity index (χ3n) is 10.7. The molecule has 50 heavy (non-hydrogen) atoms. The zero-order valence-electron chi connectivity index (χ0n) is 28.2. The first-order chi connectivity index (χ1) is 24.1. The van der Waals surface area contributed by atoms with Crippen molar-refractivity contribution in [3.05, 3.63) is 87.7 Å². The van der Waals surface area contributed by atoms with Crippen LogP contribution in [0.3, 0.4) is 0 Å². The second-order valence-corrected chi connectivity index (χ2v) is 16.9. The van der Waals surface area contributed by atoms with Crippen LogP contribution >= 0.6 is 23.2 Å². The van der Waals surface area contributed by atoms with Gasteiger partial charge in [-0.3, -0.25) is 19.0 Å². The van der Waals surface area contributed by atoms with Crippen LogP contribution in [0.4, 0.5) is 5.69 Å². The summed E-state index contributed by atoms with van der Waals surface area (Å²) in [4.78, 5) is 29.2. The molecule has 2 aliphatic heterocycles. The molecule has 10 nitrogen and oxygen atoms in total. The van der Waals surface area contributed by atoms with E-state index in [2.05, 4.69) is 43.4 Å². The molecule has 2 amide bonds. The van der Waals surface area contributed by atoms with Crippen molar-refractivity contribution in [3.63, 3.8) is 0 Å². The molecular weight excluding hydrogens is 697 g/mol. The number of methoxy groups -OCH3 is 1. The normalized spacial score (nSPS) is 28.7. The zero-order valence-corrected chi connectivity index (χ0v) is 30.5. The van der Waals surface area contributed by atoms with Gasteiger partial charge in [0.05, 0.1) is 35.4 Å². The lowest BCUT2D eigenvalue weighted by Gasteiger charge is -2.46. The molecule has 4 aliphatic rings. The van der Waals surface area contributed by atoms with Gasteiger partial charge in [-0.15, -0.1) is 4.36 Å². The number of carbonyl (C=O) groups excluding carboxylic acids is 2. The van der Waals surface area contributed by atoms with E-state index in [4.69, 9.17) is 32.7 Å². The standard InChI is InChI=1S/C37H43Cl2N5O5S/c1-48-33-7-3-2-4-17-50(47,41-35(45)14-16-44-22-29(39)20-40-44)42-36(46)26-9-13-34-32(19-26)43(21-27-8-11-30(27)33)23-37(24-49-34)15-5-6-25-18-28(38)10-12-31(25)37/h3,7,9-10,12-13,18-20,22,27,30,33H,2,4-6,8,11,14-17,21,23-24H2,1H3,(H,41,42,45,46,47)/b7-3+/t27-,30+,33-,37-,50?/m0/s1. The summed E-state index contributed by atoms with van der Waals surface area (Å²) in [6, 6.07) is 11.5. The largest absolute Gasteiger partial charge is 0.490 e. The molecule has 2 aliphatic carbocycles. The maximum atomic E-state index is 14.2. The second-order valence-electron chi connectivity index (χ2n) is 14.0. The highest BCUT2D eigenvalue weighted by molar-refractivity contribution is 7.92. The van der Waals surface area contributed by atoms with E-state index >= 15 is 0 Å². The Balaban J connectivity index is 1.24. The van der Waals surface area contributed by atoms with Crippen LogP contribution in [-0.4, -0.2) is 64.5 Å². The van der Waals surface area contributed by atoms with Crippen LogP contribution in [0.15, 0.2) is 65.3 Å². The van der Waals surface area contributed by atoms with Crippen molar-refractivity contribution in [2.75, 3.05) is 37.5 Å². The maximum Gasteiger partial charge on any atom is 0.286 e. The Kier molecular flexibility index (Phi) is 10.3. The highest BCUT2D eigenvalue weighted by Gasteiger charge is 2.44. The summed E-state index contributed by atoms with van der Waals surface area (Å²) in [7, 11) is -1.69. The summed E-state index contributed by atoms with van der Waals surface area (Å²) >= 11 is 12.4. The predicted molar refractivity (Wildman–Crippen MR) is 195 cm³/mol. The number of hydrogen-bond acceptors (Lipinski definition) is 7. The smallest absolute Gasteiger partial charge is 0.286 e. The van der Waals surface area contributed by atoms with Crippen molar-refractivity contribution in [3.8, 4) is 5.75 Å². The minimum Gasteiger partial charge on any atom is -0.490 e. The fourth-order valence-corrected chi connectivity index (χ4v) is 10.00. The molecule has 5 atom stereocenters. The summed E-state index contributed by atoms with van der Waals surface area (Å²) in [5.41, 5.74) is 3.39. The van der Waals surface area contributed by atoms with Crippen molar-refractivity contribution >= 4 is 50.6 Å². The number of fused-ring (bicyclic) bond motifs is 4. The summed E-state index contributed by atoms with van der Waals surface area (Å²) in [6.45, 7) is 2.24. The van der Waals surface area contributed by atoms with Gasteiger partial charge in [0.2, 0.25) is 5.91 Å². The number of nitrogens with zero attached hydrogens (tertiary/aromatic N) is 4. The molecule has 1 fully saturated rings. The number of aryl methyl sites for hydroxylation is 2. The molecule has 13 heteroatoms. The minimum absolute atomic E-state index is 0.00108. The van der Waals surface area contributed by atoms with E-state index in [9.17, 15) is 13.8 Å². The van der Waals surface area contributed by atoms with Gasteiger partial charge in [-0.2, -0.15) is 5.10 Å². The monoisotopic (exact) mass is 739 g/mol. The first-order valence-corrected chi connectivity index (χ1v) is 19.9. The number of anilines is 1. The molecule has 3 aromatic rings. The van der Waals surface area contributed by atoms with Gasteiger partial charge in [0.25, 0.3) is 5.91 Å². The second kappa shape index (κ2) is 14.7. The molecule has 266 valence electrons. The summed E-state index contributed by atoms with van der Waals surface area (Å²) in [5.74, 6) is 0.338. The van der Waals surface area contributed by atoms with E-state index in [0.717, 1.165) is 49.4 Å². The van der Waals surface area contributed by atoms with Crippen LogP contribution in [0.25, 0.3) is 0 Å². The number of rotatable bonds is 5. The van der Waals surface area contributed by atoms with Crippen LogP contribution in [-0.2, 0) is 37.8 Å². The molecule has 0 radical (unpaired) electrons. The molecule has 2 bridgehead atoms. The molecule has 1 aromatic heterocycles. The van der Waals surface area contributed by atoms with E-state index in [1.165, 1.54) is 22.0 Å². The lowest BCUT2D eigenvalue weighted by atomic mass is 9.68. The highest BCUT2D eigenvalue weighted by Crippen LogP contribution is 2.47. The quantitative estimate of drug-likeness (QED) is 0.287. The number of ether oxygens (including phenoxy) is 2. The van der Waals surface area contributed by atoms with Gasteiger partial charge in [0.1, 0.15) is 15.7 Å². The summed E-state index contributed by atoms with van der Waals surface area (Å²) in [6.07, 6.45) is 13.4. The zero-order chi connectivity index (χ0) is 34.9. The lowest BCUT2D eigenvalue weighted by molar-refractivity contribution is -0.119. The van der Waals surface area contributed by atoms with Crippen LogP contribution in [0.5, 0.6) is 5.75 Å². The van der Waals surface area contributed by atoms with Crippen molar-refractivity contribution in [2.24, 2.45) is 16.2 Å². The van der Waals surface area contributed by atoms with E-state index in [1.807, 2.05) is 18.2 Å². The number of amides is 2. The minimum atomic E-state index is -3.44. The number of carbonyl (C=O) groups is 2. The Labute approximate surface area is 303 Å². The highest BCUT2D eigenvalue weighted by atomic mass is 35.5. The SMILES string of the molecule is CO[C@H]1/C=C/CCCS(=O)(NC(=O)CCn2cc(Cl)cn2)=NC(=O)c2ccc3c(c2)N(C[C@@H]2CC[C@H]21)C[C@@]1(CCCc2cc(Cl)ccc21)CO3. The predicted octanol–water partition coefficient (Wildman–Crippen LogP) is 6.78. The van der Waals surface area contributed by atoms with Gasteiger partial charge in [0.15, 0.2) is 0 Å². The lowest BCUT2D eigenvalue weighted by Crippen LogP contribution is -2.49. The number of hydrogen-bond donors (Lipinski definition) is 1. The number of aromatic nitrogens is 2. The van der Waals surface area contributed by atoms with Crippen LogP contribution in [0.2, 0.25) is 10.0 Å². The topological polar surface area (TPSA) is 115 Å². The van der Waals surface area contributed by atoms with Crippen molar-refractivity contribution < 1.29 is 23.3 Å². The van der Waals surface area contributed by atoms with Gasteiger partial charge < -0.3 is 14.4 Å². The maximum absolute atomic E-state index is 14.2. The Morgan fingerprint density at radius 1 is 1.16 bits per heavy atom. The van der Waals surface area contributed by atoms with Crippen molar-refractivity contribution in [1.29, 1.82) is 0 Å². The molecule has 1 N–H and O–H groups in total. The van der Waals surface area contributed by atoms with E-state index in [0.29, 0.717) is 54.2 Å². The number of allylic oxidation sites excluding steroid dienone is 1. The molecule has 3 heterocycles. The van der Waals surface area contributed by atoms with Gasteiger partial charge in [-0.1, -0.05) is 41.4 Å². The molecule has 7 rings (SSSR count). The Morgan fingerprint density at radius 2 is 2.04 bits per heavy atom. The fraction of sp³-hybridized carbons (Fsp3) is 0.486. The average Bonchev–Trinajstić information content (AvgIpc) is 3.44. The molecular formula is C37H43Cl2N5O5S. The number of benzene rings is 2. The first kappa shape index (κ1) is 35.0. The Bertz CT molecular complexity index is 1920.